The van der Waals surface area contributed by atoms with Crippen molar-refractivity contribution in [3.05, 3.63) is 65.7 Å². The highest BCUT2D eigenvalue weighted by atomic mass is 32.2. The van der Waals surface area contributed by atoms with Gasteiger partial charge in [-0.05, 0) is 23.8 Å². The fraction of sp³-hybridized carbons (Fsp3) is 0.278. The first-order valence-electron chi connectivity index (χ1n) is 8.36. The summed E-state index contributed by atoms with van der Waals surface area (Å²) in [5, 5.41) is 2.49. The van der Waals surface area contributed by atoms with Crippen molar-refractivity contribution >= 4 is 25.8 Å². The molecule has 0 radical (unpaired) electrons. The van der Waals surface area contributed by atoms with Gasteiger partial charge in [0.1, 0.15) is 0 Å². The lowest BCUT2D eigenvalue weighted by Crippen LogP contribution is -2.30. The smallest absolute Gasteiger partial charge is 0.251 e. The Kier molecular flexibility index (Phi) is 7.11. The maximum atomic E-state index is 12.4. The van der Waals surface area contributed by atoms with E-state index in [0.29, 0.717) is 0 Å². The molecule has 0 spiro atoms. The third-order valence-corrected chi connectivity index (χ3v) is 6.96. The monoisotopic (exact) mass is 410 g/mol. The van der Waals surface area contributed by atoms with Crippen molar-refractivity contribution in [1.82, 2.24) is 10.0 Å². The van der Waals surface area contributed by atoms with Gasteiger partial charge in [-0.25, -0.2) is 21.6 Å². The summed E-state index contributed by atoms with van der Waals surface area (Å²) < 4.78 is 50.3. The fourth-order valence-corrected chi connectivity index (χ4v) is 3.99. The highest BCUT2D eigenvalue weighted by molar-refractivity contribution is 7.91. The van der Waals surface area contributed by atoms with Crippen LogP contribution in [0.5, 0.6) is 0 Å². The standard InChI is InChI=1S/C18H22N2O5S2/c1-2-26(22,23)12-11-19-18(21)16-9-6-10-17(13-16)27(24,25)20-14-15-7-4-3-5-8-15/h3-10,13,20H,2,11-12,14H2,1H3,(H,19,21). The van der Waals surface area contributed by atoms with Crippen LogP contribution in [0.15, 0.2) is 59.5 Å². The van der Waals surface area contributed by atoms with Crippen LogP contribution in [-0.2, 0) is 26.4 Å². The molecule has 0 aliphatic carbocycles. The molecule has 0 fully saturated rings. The van der Waals surface area contributed by atoms with Gasteiger partial charge in [-0.1, -0.05) is 43.3 Å². The molecule has 0 heterocycles. The van der Waals surface area contributed by atoms with Gasteiger partial charge in [-0.3, -0.25) is 4.79 Å². The van der Waals surface area contributed by atoms with Gasteiger partial charge in [0, 0.05) is 24.4 Å². The third kappa shape index (κ3) is 6.46. The van der Waals surface area contributed by atoms with E-state index in [1.54, 1.807) is 12.1 Å². The minimum Gasteiger partial charge on any atom is -0.351 e. The zero-order valence-electron chi connectivity index (χ0n) is 14.9. The molecular weight excluding hydrogens is 388 g/mol. The van der Waals surface area contributed by atoms with Gasteiger partial charge in [0.25, 0.3) is 5.91 Å². The summed E-state index contributed by atoms with van der Waals surface area (Å²) in [4.78, 5) is 12.1. The molecule has 0 bridgehead atoms. The summed E-state index contributed by atoms with van der Waals surface area (Å²) >= 11 is 0. The zero-order valence-corrected chi connectivity index (χ0v) is 16.5. The second-order valence-corrected chi connectivity index (χ2v) is 10.1. The second-order valence-electron chi connectivity index (χ2n) is 5.83. The van der Waals surface area contributed by atoms with Crippen LogP contribution in [-0.4, -0.2) is 40.8 Å². The van der Waals surface area contributed by atoms with Crippen LogP contribution in [0, 0.1) is 0 Å². The topological polar surface area (TPSA) is 109 Å². The Morgan fingerprint density at radius 1 is 0.963 bits per heavy atom. The molecule has 27 heavy (non-hydrogen) atoms. The number of amides is 1. The molecule has 0 aliphatic heterocycles. The van der Waals surface area contributed by atoms with Crippen LogP contribution < -0.4 is 10.0 Å². The number of hydrogen-bond acceptors (Lipinski definition) is 5. The molecule has 146 valence electrons. The number of carbonyl (C=O) groups excluding carboxylic acids is 1. The predicted molar refractivity (Wildman–Crippen MR) is 104 cm³/mol. The van der Waals surface area contributed by atoms with Gasteiger partial charge in [-0.2, -0.15) is 0 Å². The third-order valence-electron chi connectivity index (χ3n) is 3.85. The Labute approximate surface area is 159 Å². The molecule has 2 N–H and O–H groups in total. The van der Waals surface area contributed by atoms with Gasteiger partial charge >= 0.3 is 0 Å². The van der Waals surface area contributed by atoms with E-state index < -0.39 is 25.8 Å². The van der Waals surface area contributed by atoms with Crippen molar-refractivity contribution in [1.29, 1.82) is 0 Å². The molecular formula is C18H22N2O5S2. The lowest BCUT2D eigenvalue weighted by atomic mass is 10.2. The molecule has 2 aromatic rings. The Morgan fingerprint density at radius 3 is 2.33 bits per heavy atom. The Hall–Kier alpha value is -2.23. The SMILES string of the molecule is CCS(=O)(=O)CCNC(=O)c1cccc(S(=O)(=O)NCc2ccccc2)c1. The van der Waals surface area contributed by atoms with Gasteiger partial charge < -0.3 is 5.32 Å². The molecule has 9 heteroatoms. The van der Waals surface area contributed by atoms with Crippen LogP contribution in [0.3, 0.4) is 0 Å². The Bertz CT molecular complexity index is 987. The summed E-state index contributed by atoms with van der Waals surface area (Å²) in [5.74, 6) is -0.684. The second kappa shape index (κ2) is 9.12. The average molecular weight is 411 g/mol. The minimum atomic E-state index is -3.79. The van der Waals surface area contributed by atoms with Crippen LogP contribution >= 0.6 is 0 Å². The van der Waals surface area contributed by atoms with Crippen LogP contribution in [0.25, 0.3) is 0 Å². The van der Waals surface area contributed by atoms with Gasteiger partial charge in [0.05, 0.1) is 10.6 Å². The van der Waals surface area contributed by atoms with Crippen molar-refractivity contribution in [2.24, 2.45) is 0 Å². The highest BCUT2D eigenvalue weighted by Crippen LogP contribution is 2.12. The van der Waals surface area contributed by atoms with E-state index >= 15 is 0 Å². The number of rotatable bonds is 9. The number of benzene rings is 2. The predicted octanol–water partition coefficient (Wildman–Crippen LogP) is 1.33. The van der Waals surface area contributed by atoms with Crippen LogP contribution in [0.4, 0.5) is 0 Å². The van der Waals surface area contributed by atoms with Gasteiger partial charge in [0.15, 0.2) is 9.84 Å². The lowest BCUT2D eigenvalue weighted by molar-refractivity contribution is 0.0956. The molecule has 0 aromatic heterocycles. The molecule has 0 aliphatic rings. The van der Waals surface area contributed by atoms with Crippen molar-refractivity contribution in [3.8, 4) is 0 Å². The number of sulfone groups is 1. The van der Waals surface area contributed by atoms with Crippen LogP contribution in [0.1, 0.15) is 22.8 Å². The summed E-state index contributed by atoms with van der Waals surface area (Å²) in [7, 11) is -6.97. The zero-order chi connectivity index (χ0) is 19.9. The summed E-state index contributed by atoms with van der Waals surface area (Å²) in [5.41, 5.74) is 0.957. The molecule has 0 unspecified atom stereocenters. The quantitative estimate of drug-likeness (QED) is 0.648. The van der Waals surface area contributed by atoms with E-state index in [2.05, 4.69) is 10.0 Å². The van der Waals surface area contributed by atoms with E-state index in [0.717, 1.165) is 5.56 Å². The summed E-state index contributed by atoms with van der Waals surface area (Å²) in [6, 6.07) is 14.7. The normalized spacial score (nSPS) is 11.9. The summed E-state index contributed by atoms with van der Waals surface area (Å²) in [6.45, 7) is 1.64. The van der Waals surface area contributed by atoms with Crippen molar-refractivity contribution in [2.45, 2.75) is 18.4 Å². The number of sulfonamides is 1. The van der Waals surface area contributed by atoms with E-state index in [1.165, 1.54) is 31.2 Å². The first kappa shape index (κ1) is 21.1. The molecule has 0 atom stereocenters. The van der Waals surface area contributed by atoms with Gasteiger partial charge in [-0.15, -0.1) is 0 Å². The van der Waals surface area contributed by atoms with Crippen molar-refractivity contribution in [2.75, 3.05) is 18.1 Å². The van der Waals surface area contributed by atoms with Crippen molar-refractivity contribution in [3.63, 3.8) is 0 Å². The Balaban J connectivity index is 2.03. The molecule has 2 rings (SSSR count). The van der Waals surface area contributed by atoms with Crippen LogP contribution in [0.2, 0.25) is 0 Å². The maximum absolute atomic E-state index is 12.4. The molecule has 2 aromatic carbocycles. The van der Waals surface area contributed by atoms with E-state index in [-0.39, 0.29) is 35.1 Å². The number of hydrogen-bond donors (Lipinski definition) is 2. The van der Waals surface area contributed by atoms with E-state index in [9.17, 15) is 21.6 Å². The van der Waals surface area contributed by atoms with E-state index in [4.69, 9.17) is 0 Å². The Morgan fingerprint density at radius 2 is 1.67 bits per heavy atom. The summed E-state index contributed by atoms with van der Waals surface area (Å²) in [6.07, 6.45) is 0. The first-order chi connectivity index (χ1) is 12.7. The highest BCUT2D eigenvalue weighted by Gasteiger charge is 2.16. The van der Waals surface area contributed by atoms with Gasteiger partial charge in [0.2, 0.25) is 10.0 Å². The lowest BCUT2D eigenvalue weighted by Gasteiger charge is -2.09. The fourth-order valence-electron chi connectivity index (χ4n) is 2.23. The van der Waals surface area contributed by atoms with E-state index in [1.807, 2.05) is 18.2 Å². The molecule has 1 amide bonds. The minimum absolute atomic E-state index is 0.00365. The van der Waals surface area contributed by atoms with Crippen molar-refractivity contribution < 1.29 is 21.6 Å². The first-order valence-corrected chi connectivity index (χ1v) is 11.7. The molecule has 0 saturated heterocycles. The average Bonchev–Trinajstić information content (AvgIpc) is 2.67. The number of carbonyl (C=O) groups is 1. The molecule has 0 saturated carbocycles. The molecule has 7 nitrogen and oxygen atoms in total. The maximum Gasteiger partial charge on any atom is 0.251 e. The largest absolute Gasteiger partial charge is 0.351 e. The number of nitrogens with one attached hydrogen (secondary N) is 2.